The van der Waals surface area contributed by atoms with E-state index in [1.54, 1.807) is 6.20 Å². The predicted molar refractivity (Wildman–Crippen MR) is 163 cm³/mol. The van der Waals surface area contributed by atoms with Crippen LogP contribution in [0.2, 0.25) is 5.28 Å². The van der Waals surface area contributed by atoms with Gasteiger partial charge in [0.25, 0.3) is 0 Å². The highest BCUT2D eigenvalue weighted by Gasteiger charge is 2.19. The summed E-state index contributed by atoms with van der Waals surface area (Å²) in [6.45, 7) is 0. The standard InChI is InChI=1S/C35H20ClN3O/c36-35-38-32(34-33(39-35)29-13-5-6-14-31(29)40-34)25-17-23(22-9-7-15-37-20-22)16-24(18-25)30-19-21-8-1-2-10-26(21)27-11-3-4-12-28(27)30/h1-20H. The number of rotatable bonds is 3. The molecule has 0 atom stereocenters. The van der Waals surface area contributed by atoms with Crippen molar-refractivity contribution in [3.63, 3.8) is 0 Å². The summed E-state index contributed by atoms with van der Waals surface area (Å²) in [7, 11) is 0. The molecule has 0 amide bonds. The predicted octanol–water partition coefficient (Wildman–Crippen LogP) is 9.73. The van der Waals surface area contributed by atoms with Crippen molar-refractivity contribution in [1.29, 1.82) is 0 Å². The second-order valence-electron chi connectivity index (χ2n) is 9.85. The molecule has 0 N–H and O–H groups in total. The molecule has 3 heterocycles. The Labute approximate surface area is 234 Å². The zero-order valence-electron chi connectivity index (χ0n) is 21.2. The third kappa shape index (κ3) is 3.65. The van der Waals surface area contributed by atoms with Gasteiger partial charge in [0.05, 0.1) is 0 Å². The van der Waals surface area contributed by atoms with Crippen molar-refractivity contribution in [2.75, 3.05) is 0 Å². The number of halogens is 1. The topological polar surface area (TPSA) is 51.8 Å². The lowest BCUT2D eigenvalue weighted by atomic mass is 9.90. The molecule has 0 unspecified atom stereocenters. The molecule has 5 aromatic carbocycles. The van der Waals surface area contributed by atoms with E-state index in [1.165, 1.54) is 21.5 Å². The normalized spacial score (nSPS) is 11.6. The van der Waals surface area contributed by atoms with Crippen molar-refractivity contribution in [2.45, 2.75) is 0 Å². The van der Waals surface area contributed by atoms with Crippen molar-refractivity contribution in [3.8, 4) is 33.5 Å². The van der Waals surface area contributed by atoms with Gasteiger partial charge < -0.3 is 4.42 Å². The Balaban J connectivity index is 1.46. The van der Waals surface area contributed by atoms with Gasteiger partial charge in [-0.1, -0.05) is 66.7 Å². The molecule has 40 heavy (non-hydrogen) atoms. The lowest BCUT2D eigenvalue weighted by Gasteiger charge is -2.14. The lowest BCUT2D eigenvalue weighted by molar-refractivity contribution is 0.667. The molecule has 0 saturated carbocycles. The smallest absolute Gasteiger partial charge is 0.223 e. The highest BCUT2D eigenvalue weighted by molar-refractivity contribution is 6.29. The van der Waals surface area contributed by atoms with Crippen LogP contribution in [0.15, 0.2) is 126 Å². The SMILES string of the molecule is Clc1nc(-c2cc(-c3cccnc3)cc(-c3cc4ccccc4c4ccccc34)c2)c2oc3ccccc3c2n1. The van der Waals surface area contributed by atoms with Gasteiger partial charge in [0, 0.05) is 28.9 Å². The van der Waals surface area contributed by atoms with Crippen LogP contribution in [0.3, 0.4) is 0 Å². The van der Waals surface area contributed by atoms with E-state index in [0.29, 0.717) is 16.8 Å². The number of hydrogen-bond acceptors (Lipinski definition) is 4. The third-order valence-electron chi connectivity index (χ3n) is 7.47. The van der Waals surface area contributed by atoms with E-state index in [2.05, 4.69) is 88.8 Å². The Morgan fingerprint density at radius 3 is 2.15 bits per heavy atom. The monoisotopic (exact) mass is 533 g/mol. The van der Waals surface area contributed by atoms with E-state index >= 15 is 0 Å². The van der Waals surface area contributed by atoms with Gasteiger partial charge in [-0.15, -0.1) is 0 Å². The molecule has 0 aliphatic carbocycles. The summed E-state index contributed by atoms with van der Waals surface area (Å²) in [6.07, 6.45) is 3.67. The van der Waals surface area contributed by atoms with Crippen LogP contribution in [-0.4, -0.2) is 15.0 Å². The summed E-state index contributed by atoms with van der Waals surface area (Å²) < 4.78 is 6.32. The van der Waals surface area contributed by atoms with Crippen LogP contribution in [0.1, 0.15) is 0 Å². The fourth-order valence-corrected chi connectivity index (χ4v) is 5.84. The molecule has 5 heteroatoms. The van der Waals surface area contributed by atoms with Crippen molar-refractivity contribution in [2.24, 2.45) is 0 Å². The summed E-state index contributed by atoms with van der Waals surface area (Å²) in [5.41, 5.74) is 7.86. The Kier molecular flexibility index (Phi) is 5.15. The molecule has 4 nitrogen and oxygen atoms in total. The van der Waals surface area contributed by atoms with Crippen LogP contribution in [0.5, 0.6) is 0 Å². The minimum Gasteiger partial charge on any atom is -0.452 e. The molecule has 0 fully saturated rings. The molecule has 0 saturated heterocycles. The first-order chi connectivity index (χ1) is 19.7. The summed E-state index contributed by atoms with van der Waals surface area (Å²) >= 11 is 6.51. The Morgan fingerprint density at radius 1 is 0.575 bits per heavy atom. The van der Waals surface area contributed by atoms with Gasteiger partial charge in [0.2, 0.25) is 5.28 Å². The maximum absolute atomic E-state index is 6.51. The molecule has 8 rings (SSSR count). The minimum absolute atomic E-state index is 0.179. The number of benzene rings is 5. The van der Waals surface area contributed by atoms with Crippen LogP contribution in [-0.2, 0) is 0 Å². The lowest BCUT2D eigenvalue weighted by Crippen LogP contribution is -1.92. The van der Waals surface area contributed by atoms with E-state index < -0.39 is 0 Å². The highest BCUT2D eigenvalue weighted by atomic mass is 35.5. The maximum atomic E-state index is 6.51. The van der Waals surface area contributed by atoms with Crippen LogP contribution in [0, 0.1) is 0 Å². The molecule has 0 radical (unpaired) electrons. The summed E-state index contributed by atoms with van der Waals surface area (Å²) in [5.74, 6) is 0. The molecule has 188 valence electrons. The van der Waals surface area contributed by atoms with Gasteiger partial charge in [0.1, 0.15) is 16.8 Å². The van der Waals surface area contributed by atoms with E-state index in [4.69, 9.17) is 21.0 Å². The maximum Gasteiger partial charge on any atom is 0.223 e. The number of aromatic nitrogens is 3. The molecule has 3 aromatic heterocycles. The summed E-state index contributed by atoms with van der Waals surface area (Å²) in [5, 5.41) is 5.91. The number of para-hydroxylation sites is 1. The number of hydrogen-bond donors (Lipinski definition) is 0. The first-order valence-electron chi connectivity index (χ1n) is 13.0. The largest absolute Gasteiger partial charge is 0.452 e. The van der Waals surface area contributed by atoms with E-state index in [1.807, 2.05) is 36.5 Å². The van der Waals surface area contributed by atoms with Crippen molar-refractivity contribution in [1.82, 2.24) is 15.0 Å². The van der Waals surface area contributed by atoms with Gasteiger partial charge in [-0.2, -0.15) is 0 Å². The fourth-order valence-electron chi connectivity index (χ4n) is 5.67. The van der Waals surface area contributed by atoms with Gasteiger partial charge >= 0.3 is 0 Å². The first kappa shape index (κ1) is 22.9. The van der Waals surface area contributed by atoms with E-state index in [-0.39, 0.29) is 5.28 Å². The van der Waals surface area contributed by atoms with Crippen LogP contribution in [0.4, 0.5) is 0 Å². The van der Waals surface area contributed by atoms with Gasteiger partial charge in [-0.25, -0.2) is 9.97 Å². The van der Waals surface area contributed by atoms with Crippen molar-refractivity contribution >= 4 is 55.2 Å². The number of furan rings is 1. The van der Waals surface area contributed by atoms with E-state index in [0.717, 1.165) is 38.8 Å². The molecule has 0 aliphatic heterocycles. The first-order valence-corrected chi connectivity index (χ1v) is 13.4. The quantitative estimate of drug-likeness (QED) is 0.167. The second kappa shape index (κ2) is 9.01. The van der Waals surface area contributed by atoms with Crippen LogP contribution < -0.4 is 0 Å². The van der Waals surface area contributed by atoms with Crippen LogP contribution in [0.25, 0.3) is 77.1 Å². The zero-order valence-corrected chi connectivity index (χ0v) is 21.9. The number of nitrogens with zero attached hydrogens (tertiary/aromatic N) is 3. The van der Waals surface area contributed by atoms with Gasteiger partial charge in [0.15, 0.2) is 5.58 Å². The average molecular weight is 534 g/mol. The van der Waals surface area contributed by atoms with Gasteiger partial charge in [-0.3, -0.25) is 4.98 Å². The molecule has 0 spiro atoms. The van der Waals surface area contributed by atoms with Crippen molar-refractivity contribution in [3.05, 3.63) is 127 Å². The Morgan fingerprint density at radius 2 is 1.30 bits per heavy atom. The fraction of sp³-hybridized carbons (Fsp3) is 0. The second-order valence-corrected chi connectivity index (χ2v) is 10.2. The average Bonchev–Trinajstić information content (AvgIpc) is 3.39. The third-order valence-corrected chi connectivity index (χ3v) is 7.64. The van der Waals surface area contributed by atoms with Gasteiger partial charge in [-0.05, 0) is 92.3 Å². The van der Waals surface area contributed by atoms with Crippen molar-refractivity contribution < 1.29 is 4.42 Å². The highest BCUT2D eigenvalue weighted by Crippen LogP contribution is 2.41. The zero-order chi connectivity index (χ0) is 26.6. The van der Waals surface area contributed by atoms with Crippen LogP contribution >= 0.6 is 11.6 Å². The summed E-state index contributed by atoms with van der Waals surface area (Å²) in [4.78, 5) is 13.6. The van der Waals surface area contributed by atoms with E-state index in [9.17, 15) is 0 Å². The molecule has 8 aromatic rings. The number of pyridine rings is 1. The Bertz CT molecular complexity index is 2240. The summed E-state index contributed by atoms with van der Waals surface area (Å²) in [6, 6.07) is 37.7. The molecule has 0 aliphatic rings. The minimum atomic E-state index is 0.179. The molecular weight excluding hydrogens is 514 g/mol. The number of fused-ring (bicyclic) bond motifs is 6. The molecular formula is C35H20ClN3O. The molecule has 0 bridgehead atoms. The Hall–Kier alpha value is -5.06.